The molecule has 1 unspecified atom stereocenters. The van der Waals surface area contributed by atoms with Crippen LogP contribution in [0.4, 0.5) is 0 Å². The first-order valence-electron chi connectivity index (χ1n) is 14.3. The summed E-state index contributed by atoms with van der Waals surface area (Å²) in [5, 5.41) is 18.7. The summed E-state index contributed by atoms with van der Waals surface area (Å²) in [7, 11) is 4.16. The maximum atomic E-state index is 13.6. The molecule has 210 valence electrons. The summed E-state index contributed by atoms with van der Waals surface area (Å²) in [5.41, 5.74) is 7.07. The van der Waals surface area contributed by atoms with Gasteiger partial charge in [-0.2, -0.15) is 5.10 Å². The van der Waals surface area contributed by atoms with Crippen molar-refractivity contribution in [2.75, 3.05) is 33.7 Å². The first-order chi connectivity index (χ1) is 19.2. The third-order valence-corrected chi connectivity index (χ3v) is 8.87. The van der Waals surface area contributed by atoms with Crippen LogP contribution >= 0.6 is 0 Å². The molecule has 1 atom stereocenters. The lowest BCUT2D eigenvalue weighted by atomic mass is 9.89. The molecule has 2 aromatic carbocycles. The summed E-state index contributed by atoms with van der Waals surface area (Å²) >= 11 is 0. The molecule has 2 aromatic heterocycles. The number of imidazole rings is 1. The molecule has 0 radical (unpaired) electrons. The number of phenolic OH excluding ortho intramolecular Hbond substituents is 1. The van der Waals surface area contributed by atoms with Crippen LogP contribution in [0.3, 0.4) is 0 Å². The number of aromatic nitrogens is 4. The van der Waals surface area contributed by atoms with Crippen LogP contribution in [0, 0.1) is 0 Å². The number of amides is 1. The minimum atomic E-state index is -0.188. The molecular weight excluding hydrogens is 502 g/mol. The van der Waals surface area contributed by atoms with E-state index in [1.54, 1.807) is 6.07 Å². The number of nitrogens with one attached hydrogen (secondary N) is 2. The van der Waals surface area contributed by atoms with E-state index in [0.29, 0.717) is 13.0 Å². The maximum absolute atomic E-state index is 13.6. The van der Waals surface area contributed by atoms with E-state index in [2.05, 4.69) is 78.0 Å². The fourth-order valence-corrected chi connectivity index (χ4v) is 6.20. The van der Waals surface area contributed by atoms with Gasteiger partial charge in [0.25, 0.3) is 0 Å². The van der Waals surface area contributed by atoms with Gasteiger partial charge in [-0.15, -0.1) is 0 Å². The van der Waals surface area contributed by atoms with Crippen LogP contribution in [0.1, 0.15) is 44.1 Å². The number of benzene rings is 2. The van der Waals surface area contributed by atoms with Crippen LogP contribution in [0.2, 0.25) is 0 Å². The first kappa shape index (κ1) is 26.5. The fraction of sp³-hybridized carbons (Fsp3) is 0.452. The van der Waals surface area contributed by atoms with Crippen molar-refractivity contribution < 1.29 is 9.90 Å². The molecule has 1 amide bonds. The van der Waals surface area contributed by atoms with E-state index in [-0.39, 0.29) is 23.2 Å². The lowest BCUT2D eigenvalue weighted by Crippen LogP contribution is -2.70. The Hall–Kier alpha value is -3.69. The standard InChI is InChI=1S/C31H39N7O2/c1-6-12-37-16-26-25(15-27(37)30(40)38-17-31(3,18-38)36(4)5)32-29(33-26)28-23-10-8-20(14-24(23)34-35-28)22-11-9-21(39)13-19(22)7-2/h8-11,13-14,27,39H,6-7,12,15-18H2,1-5H3,(H,32,33)(H,34,35). The van der Waals surface area contributed by atoms with E-state index in [4.69, 9.17) is 4.98 Å². The van der Waals surface area contributed by atoms with Gasteiger partial charge in [-0.25, -0.2) is 4.98 Å². The minimum absolute atomic E-state index is 0.0475. The van der Waals surface area contributed by atoms with Gasteiger partial charge in [0.15, 0.2) is 5.82 Å². The van der Waals surface area contributed by atoms with Crippen LogP contribution in [-0.4, -0.2) is 91.2 Å². The largest absolute Gasteiger partial charge is 0.508 e. The van der Waals surface area contributed by atoms with E-state index < -0.39 is 0 Å². The highest BCUT2D eigenvalue weighted by Crippen LogP contribution is 2.34. The number of nitrogens with zero attached hydrogens (tertiary/aromatic N) is 5. The first-order valence-corrected chi connectivity index (χ1v) is 14.3. The summed E-state index contributed by atoms with van der Waals surface area (Å²) in [5.74, 6) is 1.23. The van der Waals surface area contributed by atoms with Crippen molar-refractivity contribution in [2.45, 2.75) is 58.2 Å². The number of aromatic hydroxyl groups is 1. The number of H-pyrrole nitrogens is 2. The van der Waals surface area contributed by atoms with Crippen molar-refractivity contribution in [1.29, 1.82) is 0 Å². The Labute approximate surface area is 235 Å². The van der Waals surface area contributed by atoms with Gasteiger partial charge in [0.2, 0.25) is 5.91 Å². The topological polar surface area (TPSA) is 104 Å². The summed E-state index contributed by atoms with van der Waals surface area (Å²) in [6, 6.07) is 11.6. The highest BCUT2D eigenvalue weighted by Gasteiger charge is 2.46. The second kappa shape index (κ2) is 10.1. The highest BCUT2D eigenvalue weighted by atomic mass is 16.3. The summed E-state index contributed by atoms with van der Waals surface area (Å²) in [4.78, 5) is 28.6. The molecule has 9 heteroatoms. The lowest BCUT2D eigenvalue weighted by molar-refractivity contribution is -0.150. The predicted molar refractivity (Wildman–Crippen MR) is 157 cm³/mol. The van der Waals surface area contributed by atoms with Crippen molar-refractivity contribution >= 4 is 16.8 Å². The van der Waals surface area contributed by atoms with Crippen molar-refractivity contribution in [3.05, 3.63) is 53.3 Å². The number of aryl methyl sites for hydroxylation is 1. The van der Waals surface area contributed by atoms with Gasteiger partial charge in [-0.3, -0.25) is 14.8 Å². The summed E-state index contributed by atoms with van der Waals surface area (Å²) in [6.07, 6.45) is 2.43. The number of fused-ring (bicyclic) bond motifs is 2. The molecule has 9 nitrogen and oxygen atoms in total. The Morgan fingerprint density at radius 2 is 1.98 bits per heavy atom. The van der Waals surface area contributed by atoms with Crippen LogP contribution in [0.25, 0.3) is 33.5 Å². The van der Waals surface area contributed by atoms with Crippen molar-refractivity contribution in [1.82, 2.24) is 34.9 Å². The molecule has 1 fully saturated rings. The van der Waals surface area contributed by atoms with Crippen LogP contribution in [-0.2, 0) is 24.2 Å². The summed E-state index contributed by atoms with van der Waals surface area (Å²) in [6.45, 7) is 9.54. The number of rotatable bonds is 7. The van der Waals surface area contributed by atoms with Gasteiger partial charge in [-0.1, -0.05) is 26.0 Å². The Morgan fingerprint density at radius 3 is 2.70 bits per heavy atom. The molecule has 0 saturated carbocycles. The molecule has 1 saturated heterocycles. The van der Waals surface area contributed by atoms with E-state index in [9.17, 15) is 9.90 Å². The normalized spacial score (nSPS) is 18.8. The number of carbonyl (C=O) groups is 1. The molecule has 0 aliphatic carbocycles. The zero-order chi connectivity index (χ0) is 28.2. The van der Waals surface area contributed by atoms with Gasteiger partial charge in [0.05, 0.1) is 28.5 Å². The number of likely N-dealkylation sites (tertiary alicyclic amines) is 1. The molecule has 6 rings (SSSR count). The molecule has 0 spiro atoms. The van der Waals surface area contributed by atoms with Crippen molar-refractivity contribution in [3.8, 4) is 28.4 Å². The molecule has 2 aliphatic rings. The van der Waals surface area contributed by atoms with E-state index in [0.717, 1.165) is 83.0 Å². The number of phenols is 1. The van der Waals surface area contributed by atoms with Crippen LogP contribution < -0.4 is 0 Å². The smallest absolute Gasteiger partial charge is 0.240 e. The lowest BCUT2D eigenvalue weighted by Gasteiger charge is -2.53. The quantitative estimate of drug-likeness (QED) is 0.324. The van der Waals surface area contributed by atoms with Gasteiger partial charge in [-0.05, 0) is 81.4 Å². The van der Waals surface area contributed by atoms with Gasteiger partial charge in [0, 0.05) is 31.4 Å². The Bertz CT molecular complexity index is 1560. The molecule has 40 heavy (non-hydrogen) atoms. The van der Waals surface area contributed by atoms with E-state index >= 15 is 0 Å². The van der Waals surface area contributed by atoms with Crippen molar-refractivity contribution in [2.24, 2.45) is 0 Å². The number of carbonyl (C=O) groups excluding carboxylic acids is 1. The van der Waals surface area contributed by atoms with Crippen LogP contribution in [0.15, 0.2) is 36.4 Å². The average Bonchev–Trinajstić information content (AvgIpc) is 3.53. The van der Waals surface area contributed by atoms with Gasteiger partial charge < -0.3 is 19.9 Å². The van der Waals surface area contributed by atoms with E-state index in [1.165, 1.54) is 0 Å². The second-order valence-corrected chi connectivity index (χ2v) is 11.8. The molecule has 3 N–H and O–H groups in total. The molecular formula is C31H39N7O2. The number of likely N-dealkylation sites (N-methyl/N-ethyl adjacent to an activating group) is 1. The summed E-state index contributed by atoms with van der Waals surface area (Å²) < 4.78 is 0. The third-order valence-electron chi connectivity index (χ3n) is 8.87. The average molecular weight is 542 g/mol. The third kappa shape index (κ3) is 4.47. The molecule has 0 bridgehead atoms. The monoisotopic (exact) mass is 541 g/mol. The fourth-order valence-electron chi connectivity index (χ4n) is 6.20. The Balaban J connectivity index is 1.27. The molecule has 4 aromatic rings. The SMILES string of the molecule is CCCN1Cc2[nH]c(-c3n[nH]c4cc(-c5ccc(O)cc5CC)ccc34)nc2CC1C(=O)N1CC(C)(N(C)C)C1. The molecule has 2 aliphatic heterocycles. The Morgan fingerprint density at radius 1 is 1.18 bits per heavy atom. The van der Waals surface area contributed by atoms with Crippen LogP contribution in [0.5, 0.6) is 5.75 Å². The Kier molecular flexibility index (Phi) is 6.67. The predicted octanol–water partition coefficient (Wildman–Crippen LogP) is 4.19. The van der Waals surface area contributed by atoms with Gasteiger partial charge in [0.1, 0.15) is 11.4 Å². The second-order valence-electron chi connectivity index (χ2n) is 11.8. The number of hydrogen-bond acceptors (Lipinski definition) is 6. The highest BCUT2D eigenvalue weighted by molar-refractivity contribution is 5.94. The van der Waals surface area contributed by atoms with Gasteiger partial charge >= 0.3 is 0 Å². The zero-order valence-electron chi connectivity index (χ0n) is 24.1. The zero-order valence-corrected chi connectivity index (χ0v) is 24.1. The maximum Gasteiger partial charge on any atom is 0.240 e. The molecule has 4 heterocycles. The number of aromatic amines is 2. The number of hydrogen-bond donors (Lipinski definition) is 3. The minimum Gasteiger partial charge on any atom is -0.508 e. The van der Waals surface area contributed by atoms with E-state index in [1.807, 2.05) is 17.0 Å². The van der Waals surface area contributed by atoms with Crippen molar-refractivity contribution in [3.63, 3.8) is 0 Å².